The number of hydrogen-bond donors (Lipinski definition) is 0. The fourth-order valence-electron chi connectivity index (χ4n) is 4.43. The summed E-state index contributed by atoms with van der Waals surface area (Å²) >= 11 is 12.5. The van der Waals surface area contributed by atoms with E-state index in [9.17, 15) is 4.79 Å². The Labute approximate surface area is 226 Å². The molecular formula is C29H27Cl2N3O3. The zero-order valence-corrected chi connectivity index (χ0v) is 22.0. The highest BCUT2D eigenvalue weighted by Crippen LogP contribution is 2.33. The molecule has 0 saturated carbocycles. The van der Waals surface area contributed by atoms with Crippen molar-refractivity contribution in [3.63, 3.8) is 0 Å². The Kier molecular flexibility index (Phi) is 7.79. The van der Waals surface area contributed by atoms with Crippen LogP contribution in [0.15, 0.2) is 78.9 Å². The van der Waals surface area contributed by atoms with Crippen LogP contribution >= 0.6 is 23.2 Å². The first-order chi connectivity index (χ1) is 18.0. The molecule has 0 spiro atoms. The van der Waals surface area contributed by atoms with Gasteiger partial charge in [0.1, 0.15) is 5.75 Å². The minimum atomic E-state index is -0.162. The number of carbonyl (C=O) groups excluding carboxylic acids is 1. The molecule has 6 nitrogen and oxygen atoms in total. The molecule has 0 bridgehead atoms. The van der Waals surface area contributed by atoms with Crippen LogP contribution in [0.2, 0.25) is 10.0 Å². The molecule has 1 amide bonds. The third-order valence-electron chi connectivity index (χ3n) is 6.35. The molecule has 1 aliphatic heterocycles. The number of nitrogens with zero attached hydrogens (tertiary/aromatic N) is 3. The first-order valence-electron chi connectivity index (χ1n) is 12.2. The molecule has 1 fully saturated rings. The Hall–Kier alpha value is -3.32. The average molecular weight is 536 g/mol. The molecule has 0 radical (unpaired) electrons. The zero-order valence-electron chi connectivity index (χ0n) is 20.4. The number of halogens is 2. The molecule has 4 aromatic rings. The predicted octanol–water partition coefficient (Wildman–Crippen LogP) is 7.10. The predicted molar refractivity (Wildman–Crippen MR) is 145 cm³/mol. The van der Waals surface area contributed by atoms with Crippen molar-refractivity contribution in [2.24, 2.45) is 0 Å². The largest absolute Gasteiger partial charge is 0.439 e. The van der Waals surface area contributed by atoms with E-state index >= 15 is 0 Å². The van der Waals surface area contributed by atoms with Gasteiger partial charge in [-0.15, -0.1) is 0 Å². The molecule has 1 atom stereocenters. The van der Waals surface area contributed by atoms with Crippen molar-refractivity contribution in [1.29, 1.82) is 0 Å². The number of carbonyl (C=O) groups is 1. The highest BCUT2D eigenvalue weighted by molar-refractivity contribution is 6.33. The van der Waals surface area contributed by atoms with Crippen LogP contribution in [0.1, 0.15) is 34.5 Å². The number of aromatic nitrogens is 2. The van der Waals surface area contributed by atoms with E-state index in [4.69, 9.17) is 37.8 Å². The quantitative estimate of drug-likeness (QED) is 0.241. The van der Waals surface area contributed by atoms with Crippen LogP contribution < -0.4 is 4.74 Å². The van der Waals surface area contributed by atoms with Crippen LogP contribution in [0.4, 0.5) is 0 Å². The van der Waals surface area contributed by atoms with E-state index in [-0.39, 0.29) is 18.6 Å². The van der Waals surface area contributed by atoms with E-state index in [1.807, 2.05) is 61.5 Å². The first-order valence-corrected chi connectivity index (χ1v) is 13.0. The molecule has 190 valence electrons. The van der Waals surface area contributed by atoms with Crippen LogP contribution in [0.5, 0.6) is 11.6 Å². The van der Waals surface area contributed by atoms with Gasteiger partial charge in [-0.2, -0.15) is 5.10 Å². The van der Waals surface area contributed by atoms with Gasteiger partial charge in [0.15, 0.2) is 0 Å². The standard InChI is InChI=1S/C29H27Cl2N3O3/c1-20-26(19-33(18-24-10-7-17-36-24)28(35)25-11-5-6-12-27(25)31)29(37-23-15-13-21(30)14-16-23)34(32-20)22-8-3-2-4-9-22/h2-6,8-9,11-16,24H,7,10,17-19H2,1H3/t24-/m1/s1. The average Bonchev–Trinajstić information content (AvgIpc) is 3.53. The summed E-state index contributed by atoms with van der Waals surface area (Å²) in [7, 11) is 0. The first kappa shape index (κ1) is 25.3. The summed E-state index contributed by atoms with van der Waals surface area (Å²) in [6.07, 6.45) is 1.86. The number of aryl methyl sites for hydroxylation is 1. The Morgan fingerprint density at radius 3 is 2.49 bits per heavy atom. The van der Waals surface area contributed by atoms with Crippen molar-refractivity contribution in [2.75, 3.05) is 13.2 Å². The third kappa shape index (κ3) is 5.82. The molecule has 3 aromatic carbocycles. The Morgan fingerprint density at radius 2 is 1.78 bits per heavy atom. The topological polar surface area (TPSA) is 56.6 Å². The van der Waals surface area contributed by atoms with Crippen LogP contribution in [0, 0.1) is 6.92 Å². The molecule has 37 heavy (non-hydrogen) atoms. The minimum absolute atomic E-state index is 0.0310. The Bertz CT molecular complexity index is 1370. The lowest BCUT2D eigenvalue weighted by atomic mass is 10.1. The molecule has 1 aliphatic rings. The summed E-state index contributed by atoms with van der Waals surface area (Å²) in [6.45, 7) is 3.36. The molecular weight excluding hydrogens is 509 g/mol. The van der Waals surface area contributed by atoms with Gasteiger partial charge in [0.25, 0.3) is 5.91 Å². The molecule has 5 rings (SSSR count). The van der Waals surface area contributed by atoms with Gasteiger partial charge >= 0.3 is 0 Å². The number of para-hydroxylation sites is 1. The maximum Gasteiger partial charge on any atom is 0.255 e. The normalized spacial score (nSPS) is 15.1. The number of hydrogen-bond acceptors (Lipinski definition) is 4. The Morgan fingerprint density at radius 1 is 1.05 bits per heavy atom. The molecule has 0 aliphatic carbocycles. The smallest absolute Gasteiger partial charge is 0.255 e. The summed E-state index contributed by atoms with van der Waals surface area (Å²) in [5.41, 5.74) is 2.87. The van der Waals surface area contributed by atoms with E-state index in [0.29, 0.717) is 40.4 Å². The number of rotatable bonds is 8. The summed E-state index contributed by atoms with van der Waals surface area (Å²) in [5, 5.41) is 5.83. The second-order valence-electron chi connectivity index (χ2n) is 8.97. The van der Waals surface area contributed by atoms with Crippen LogP contribution in [-0.2, 0) is 11.3 Å². The van der Waals surface area contributed by atoms with Crippen molar-refractivity contribution < 1.29 is 14.3 Å². The lowest BCUT2D eigenvalue weighted by Gasteiger charge is -2.26. The Balaban J connectivity index is 1.55. The van der Waals surface area contributed by atoms with Gasteiger partial charge in [0, 0.05) is 18.2 Å². The molecule has 8 heteroatoms. The number of ether oxygens (including phenoxy) is 2. The molecule has 0 N–H and O–H groups in total. The lowest BCUT2D eigenvalue weighted by Crippen LogP contribution is -2.37. The van der Waals surface area contributed by atoms with E-state index in [2.05, 4.69) is 0 Å². The lowest BCUT2D eigenvalue weighted by molar-refractivity contribution is 0.0505. The minimum Gasteiger partial charge on any atom is -0.439 e. The summed E-state index contributed by atoms with van der Waals surface area (Å²) < 4.78 is 14.1. The number of amides is 1. The van der Waals surface area contributed by atoms with Crippen molar-refractivity contribution >= 4 is 29.1 Å². The SMILES string of the molecule is Cc1nn(-c2ccccc2)c(Oc2ccc(Cl)cc2)c1CN(C[C@H]1CCCO1)C(=O)c1ccccc1Cl. The highest BCUT2D eigenvalue weighted by atomic mass is 35.5. The number of benzene rings is 3. The van der Waals surface area contributed by atoms with Crippen molar-refractivity contribution in [2.45, 2.75) is 32.4 Å². The van der Waals surface area contributed by atoms with E-state index in [0.717, 1.165) is 29.8 Å². The maximum absolute atomic E-state index is 13.8. The fraction of sp³-hybridized carbons (Fsp3) is 0.241. The molecule has 0 unspecified atom stereocenters. The summed E-state index contributed by atoms with van der Waals surface area (Å²) in [4.78, 5) is 15.5. The third-order valence-corrected chi connectivity index (χ3v) is 6.94. The molecule has 1 saturated heterocycles. The van der Waals surface area contributed by atoms with Crippen LogP contribution in [0.25, 0.3) is 5.69 Å². The van der Waals surface area contributed by atoms with Gasteiger partial charge in [-0.25, -0.2) is 4.68 Å². The van der Waals surface area contributed by atoms with Gasteiger partial charge < -0.3 is 14.4 Å². The fourth-order valence-corrected chi connectivity index (χ4v) is 4.78. The van der Waals surface area contributed by atoms with Gasteiger partial charge in [-0.05, 0) is 68.3 Å². The van der Waals surface area contributed by atoms with Crippen LogP contribution in [0.3, 0.4) is 0 Å². The molecule has 2 heterocycles. The summed E-state index contributed by atoms with van der Waals surface area (Å²) in [5.74, 6) is 0.992. The van der Waals surface area contributed by atoms with Gasteiger partial charge in [0.2, 0.25) is 5.88 Å². The van der Waals surface area contributed by atoms with Crippen LogP contribution in [-0.4, -0.2) is 39.8 Å². The summed E-state index contributed by atoms with van der Waals surface area (Å²) in [6, 6.07) is 24.0. The van der Waals surface area contributed by atoms with Crippen molar-refractivity contribution in [3.8, 4) is 17.3 Å². The zero-order chi connectivity index (χ0) is 25.8. The van der Waals surface area contributed by atoms with E-state index in [1.165, 1.54) is 0 Å². The molecule has 1 aromatic heterocycles. The maximum atomic E-state index is 13.8. The monoisotopic (exact) mass is 535 g/mol. The van der Waals surface area contributed by atoms with Gasteiger partial charge in [0.05, 0.1) is 40.2 Å². The van der Waals surface area contributed by atoms with E-state index in [1.54, 1.807) is 33.8 Å². The highest BCUT2D eigenvalue weighted by Gasteiger charge is 2.28. The van der Waals surface area contributed by atoms with Gasteiger partial charge in [-0.3, -0.25) is 4.79 Å². The second kappa shape index (κ2) is 11.4. The second-order valence-corrected chi connectivity index (χ2v) is 9.82. The van der Waals surface area contributed by atoms with Crippen molar-refractivity contribution in [1.82, 2.24) is 14.7 Å². The van der Waals surface area contributed by atoms with E-state index < -0.39 is 0 Å². The van der Waals surface area contributed by atoms with Gasteiger partial charge in [-0.1, -0.05) is 53.5 Å². The van der Waals surface area contributed by atoms with Crippen molar-refractivity contribution in [3.05, 3.63) is 106 Å².